The number of hydrogen-bond donors (Lipinski definition) is 1. The van der Waals surface area contributed by atoms with Crippen molar-refractivity contribution in [1.82, 2.24) is 9.71 Å². The smallest absolute Gasteiger partial charge is 0.243 e. The van der Waals surface area contributed by atoms with Crippen LogP contribution in [0.25, 0.3) is 0 Å². The Morgan fingerprint density at radius 3 is 2.63 bits per heavy atom. The Hall–Kier alpha value is -2.55. The van der Waals surface area contributed by atoms with Crippen LogP contribution in [0.3, 0.4) is 0 Å². The van der Waals surface area contributed by atoms with Crippen molar-refractivity contribution in [3.05, 3.63) is 83.0 Å². The highest BCUT2D eigenvalue weighted by molar-refractivity contribution is 7.89. The molecule has 140 valence electrons. The van der Waals surface area contributed by atoms with E-state index in [9.17, 15) is 17.2 Å². The average molecular weight is 411 g/mol. The second-order valence-electron chi connectivity index (χ2n) is 5.43. The fraction of sp³-hybridized carbons (Fsp3) is 0.0556. The van der Waals surface area contributed by atoms with E-state index in [1.54, 1.807) is 12.1 Å². The van der Waals surface area contributed by atoms with E-state index < -0.39 is 26.6 Å². The summed E-state index contributed by atoms with van der Waals surface area (Å²) in [6, 6.07) is 11.9. The molecule has 27 heavy (non-hydrogen) atoms. The van der Waals surface area contributed by atoms with Gasteiger partial charge in [-0.05, 0) is 36.4 Å². The number of halogens is 3. The van der Waals surface area contributed by atoms with Gasteiger partial charge in [0.25, 0.3) is 0 Å². The molecule has 0 bridgehead atoms. The summed E-state index contributed by atoms with van der Waals surface area (Å²) in [4.78, 5) is 3.51. The summed E-state index contributed by atoms with van der Waals surface area (Å²) in [5.74, 6) is -1.13. The topological polar surface area (TPSA) is 68.3 Å². The number of sulfonamides is 1. The second kappa shape index (κ2) is 7.99. The number of benzene rings is 2. The predicted octanol–water partition coefficient (Wildman–Crippen LogP) is 4.28. The third-order valence-electron chi connectivity index (χ3n) is 3.50. The number of nitrogens with one attached hydrogen (secondary N) is 1. The molecule has 0 saturated heterocycles. The van der Waals surface area contributed by atoms with Crippen molar-refractivity contribution < 1.29 is 21.9 Å². The predicted molar refractivity (Wildman–Crippen MR) is 96.1 cm³/mol. The SMILES string of the molecule is O=S(=O)(NCc1cccnc1Oc1cccc(F)c1)c1ccc(Cl)cc1F. The molecule has 0 amide bonds. The van der Waals surface area contributed by atoms with Gasteiger partial charge in [0.05, 0.1) is 0 Å². The van der Waals surface area contributed by atoms with Crippen molar-refractivity contribution in [3.8, 4) is 11.6 Å². The normalized spacial score (nSPS) is 11.4. The quantitative estimate of drug-likeness (QED) is 0.658. The number of ether oxygens (including phenoxy) is 1. The zero-order chi connectivity index (χ0) is 19.4. The molecule has 3 aromatic rings. The highest BCUT2D eigenvalue weighted by Crippen LogP contribution is 2.24. The van der Waals surface area contributed by atoms with Gasteiger partial charge in [-0.3, -0.25) is 0 Å². The lowest BCUT2D eigenvalue weighted by atomic mass is 10.3. The van der Waals surface area contributed by atoms with E-state index in [0.717, 1.165) is 12.1 Å². The Labute approximate surface area is 159 Å². The lowest BCUT2D eigenvalue weighted by Gasteiger charge is -2.11. The molecule has 3 rings (SSSR count). The zero-order valence-electron chi connectivity index (χ0n) is 13.7. The molecule has 0 unspecified atom stereocenters. The van der Waals surface area contributed by atoms with Gasteiger partial charge in [-0.2, -0.15) is 0 Å². The summed E-state index contributed by atoms with van der Waals surface area (Å²) in [5, 5.41) is 0.0875. The third kappa shape index (κ3) is 4.79. The summed E-state index contributed by atoms with van der Waals surface area (Å²) in [7, 11) is -4.13. The fourth-order valence-electron chi connectivity index (χ4n) is 2.24. The van der Waals surface area contributed by atoms with Gasteiger partial charge in [0, 0.05) is 29.4 Å². The molecule has 5 nitrogen and oxygen atoms in total. The highest BCUT2D eigenvalue weighted by atomic mass is 35.5. The average Bonchev–Trinajstić information content (AvgIpc) is 2.61. The molecule has 0 atom stereocenters. The summed E-state index contributed by atoms with van der Waals surface area (Å²) in [6.45, 7) is -0.205. The molecule has 0 aliphatic carbocycles. The molecule has 1 heterocycles. The van der Waals surface area contributed by atoms with Crippen LogP contribution in [0.1, 0.15) is 5.56 Å². The van der Waals surface area contributed by atoms with Crippen molar-refractivity contribution in [2.24, 2.45) is 0 Å². The molecule has 0 saturated carbocycles. The Balaban J connectivity index is 1.80. The van der Waals surface area contributed by atoms with Gasteiger partial charge in [-0.15, -0.1) is 0 Å². The molecule has 0 aliphatic rings. The molecular formula is C18H13ClF2N2O3S. The maximum atomic E-state index is 13.9. The van der Waals surface area contributed by atoms with Crippen molar-refractivity contribution in [3.63, 3.8) is 0 Å². The van der Waals surface area contributed by atoms with Gasteiger partial charge < -0.3 is 4.74 Å². The van der Waals surface area contributed by atoms with Crippen LogP contribution in [0.4, 0.5) is 8.78 Å². The standard InChI is InChI=1S/C18H13ClF2N2O3S/c19-13-6-7-17(16(21)9-13)27(24,25)23-11-12-3-2-8-22-18(12)26-15-5-1-4-14(20)10-15/h1-10,23H,11H2. The minimum absolute atomic E-state index is 0.0875. The van der Waals surface area contributed by atoms with Crippen LogP contribution >= 0.6 is 11.6 Å². The molecule has 2 aromatic carbocycles. The number of pyridine rings is 1. The van der Waals surface area contributed by atoms with Crippen LogP contribution in [-0.2, 0) is 16.6 Å². The molecule has 0 spiro atoms. The van der Waals surface area contributed by atoms with Gasteiger partial charge in [0.15, 0.2) is 0 Å². The minimum atomic E-state index is -4.13. The van der Waals surface area contributed by atoms with Crippen molar-refractivity contribution >= 4 is 21.6 Å². The molecule has 0 radical (unpaired) electrons. The Kier molecular flexibility index (Phi) is 5.69. The maximum absolute atomic E-state index is 13.9. The number of rotatable bonds is 6. The zero-order valence-corrected chi connectivity index (χ0v) is 15.3. The molecule has 1 aromatic heterocycles. The van der Waals surface area contributed by atoms with E-state index in [2.05, 4.69) is 9.71 Å². The number of hydrogen-bond acceptors (Lipinski definition) is 4. The van der Waals surface area contributed by atoms with Crippen molar-refractivity contribution in [1.29, 1.82) is 0 Å². The number of aromatic nitrogens is 1. The van der Waals surface area contributed by atoms with E-state index >= 15 is 0 Å². The van der Waals surface area contributed by atoms with Gasteiger partial charge >= 0.3 is 0 Å². The van der Waals surface area contributed by atoms with Crippen molar-refractivity contribution in [2.45, 2.75) is 11.4 Å². The minimum Gasteiger partial charge on any atom is -0.439 e. The molecule has 9 heteroatoms. The molecule has 0 fully saturated rings. The first-order valence-corrected chi connectivity index (χ1v) is 9.53. The highest BCUT2D eigenvalue weighted by Gasteiger charge is 2.20. The molecule has 1 N–H and O–H groups in total. The molecule has 0 aliphatic heterocycles. The summed E-state index contributed by atoms with van der Waals surface area (Å²) < 4.78 is 59.7. The first kappa shape index (κ1) is 19.2. The lowest BCUT2D eigenvalue weighted by molar-refractivity contribution is 0.450. The van der Waals surface area contributed by atoms with Crippen LogP contribution in [0.5, 0.6) is 11.6 Å². The third-order valence-corrected chi connectivity index (χ3v) is 5.17. The Morgan fingerprint density at radius 1 is 1.07 bits per heavy atom. The first-order chi connectivity index (χ1) is 12.8. The summed E-state index contributed by atoms with van der Waals surface area (Å²) in [6.07, 6.45) is 1.45. The molecular weight excluding hydrogens is 398 g/mol. The van der Waals surface area contributed by atoms with E-state index in [1.165, 1.54) is 36.5 Å². The van der Waals surface area contributed by atoms with Gasteiger partial charge in [0.2, 0.25) is 15.9 Å². The van der Waals surface area contributed by atoms with Crippen LogP contribution in [0.2, 0.25) is 5.02 Å². The van der Waals surface area contributed by atoms with Gasteiger partial charge in [-0.25, -0.2) is 26.9 Å². The van der Waals surface area contributed by atoms with E-state index in [-0.39, 0.29) is 23.2 Å². The van der Waals surface area contributed by atoms with Crippen LogP contribution in [0, 0.1) is 11.6 Å². The first-order valence-electron chi connectivity index (χ1n) is 7.67. The van der Waals surface area contributed by atoms with Crippen LogP contribution in [-0.4, -0.2) is 13.4 Å². The maximum Gasteiger partial charge on any atom is 0.243 e. The number of nitrogens with zero attached hydrogens (tertiary/aromatic N) is 1. The second-order valence-corrected chi connectivity index (χ2v) is 7.60. The van der Waals surface area contributed by atoms with E-state index in [4.69, 9.17) is 16.3 Å². The van der Waals surface area contributed by atoms with Gasteiger partial charge in [0.1, 0.15) is 22.3 Å². The largest absolute Gasteiger partial charge is 0.439 e. The monoisotopic (exact) mass is 410 g/mol. The Morgan fingerprint density at radius 2 is 1.89 bits per heavy atom. The summed E-state index contributed by atoms with van der Waals surface area (Å²) in [5.41, 5.74) is 0.389. The van der Waals surface area contributed by atoms with Crippen molar-refractivity contribution in [2.75, 3.05) is 0 Å². The lowest BCUT2D eigenvalue weighted by Crippen LogP contribution is -2.24. The van der Waals surface area contributed by atoms with E-state index in [0.29, 0.717) is 5.56 Å². The fourth-order valence-corrected chi connectivity index (χ4v) is 3.46. The summed E-state index contributed by atoms with van der Waals surface area (Å²) >= 11 is 5.64. The van der Waals surface area contributed by atoms with E-state index in [1.807, 2.05) is 0 Å². The Bertz CT molecular complexity index is 1080. The van der Waals surface area contributed by atoms with Gasteiger partial charge in [-0.1, -0.05) is 23.7 Å². The van der Waals surface area contributed by atoms with Crippen LogP contribution in [0.15, 0.2) is 65.7 Å². The van der Waals surface area contributed by atoms with Crippen LogP contribution < -0.4 is 9.46 Å².